The third-order valence-electron chi connectivity index (χ3n) is 3.69. The van der Waals surface area contributed by atoms with Crippen LogP contribution in [0.3, 0.4) is 0 Å². The standard InChI is InChI=1S/C15H18BrNO3/c16-13-6-2-1-4-11(13)7-8-14(18)17-9-3-5-12(10-17)15(19)20/h1-2,4,6,12H,3,5,7-10H2,(H,19,20). The smallest absolute Gasteiger partial charge is 0.308 e. The largest absolute Gasteiger partial charge is 0.481 e. The lowest BCUT2D eigenvalue weighted by atomic mass is 9.97. The van der Waals surface area contributed by atoms with Crippen LogP contribution in [0.5, 0.6) is 0 Å². The van der Waals surface area contributed by atoms with Crippen LogP contribution < -0.4 is 0 Å². The first-order chi connectivity index (χ1) is 9.58. The maximum Gasteiger partial charge on any atom is 0.308 e. The van der Waals surface area contributed by atoms with Crippen molar-refractivity contribution in [3.8, 4) is 0 Å². The number of amides is 1. The van der Waals surface area contributed by atoms with Crippen LogP contribution in [0.4, 0.5) is 0 Å². The minimum absolute atomic E-state index is 0.0479. The average molecular weight is 340 g/mol. The van der Waals surface area contributed by atoms with Gasteiger partial charge < -0.3 is 10.0 Å². The molecule has 1 saturated heterocycles. The minimum atomic E-state index is -0.798. The van der Waals surface area contributed by atoms with E-state index in [2.05, 4.69) is 15.9 Å². The van der Waals surface area contributed by atoms with E-state index < -0.39 is 11.9 Å². The minimum Gasteiger partial charge on any atom is -0.481 e. The molecule has 1 aromatic rings. The predicted octanol–water partition coefficient (Wildman–Crippen LogP) is 2.70. The summed E-state index contributed by atoms with van der Waals surface area (Å²) < 4.78 is 1.01. The fourth-order valence-electron chi connectivity index (χ4n) is 2.51. The summed E-state index contributed by atoms with van der Waals surface area (Å²) in [4.78, 5) is 24.9. The van der Waals surface area contributed by atoms with E-state index in [1.54, 1.807) is 4.90 Å². The Kier molecular flexibility index (Phi) is 5.17. The van der Waals surface area contributed by atoms with Crippen LogP contribution in [-0.4, -0.2) is 35.0 Å². The molecule has 0 aliphatic carbocycles. The number of likely N-dealkylation sites (tertiary alicyclic amines) is 1. The van der Waals surface area contributed by atoms with Gasteiger partial charge in [0.2, 0.25) is 5.91 Å². The molecule has 2 rings (SSSR count). The number of piperidine rings is 1. The van der Waals surface area contributed by atoms with Gasteiger partial charge in [-0.2, -0.15) is 0 Å². The van der Waals surface area contributed by atoms with Gasteiger partial charge in [0.15, 0.2) is 0 Å². The lowest BCUT2D eigenvalue weighted by molar-refractivity contribution is -0.145. The van der Waals surface area contributed by atoms with Crippen LogP contribution in [0.25, 0.3) is 0 Å². The van der Waals surface area contributed by atoms with Crippen LogP contribution in [-0.2, 0) is 16.0 Å². The lowest BCUT2D eigenvalue weighted by Crippen LogP contribution is -2.42. The topological polar surface area (TPSA) is 57.6 Å². The van der Waals surface area contributed by atoms with Gasteiger partial charge in [0.1, 0.15) is 0 Å². The van der Waals surface area contributed by atoms with Crippen molar-refractivity contribution in [3.63, 3.8) is 0 Å². The highest BCUT2D eigenvalue weighted by atomic mass is 79.9. The Morgan fingerprint density at radius 2 is 2.10 bits per heavy atom. The van der Waals surface area contributed by atoms with Gasteiger partial charge in [-0.3, -0.25) is 9.59 Å². The summed E-state index contributed by atoms with van der Waals surface area (Å²) in [5, 5.41) is 9.04. The molecular formula is C15H18BrNO3. The molecule has 1 atom stereocenters. The van der Waals surface area contributed by atoms with E-state index in [0.717, 1.165) is 16.5 Å². The molecule has 5 heteroatoms. The fourth-order valence-corrected chi connectivity index (χ4v) is 2.99. The third-order valence-corrected chi connectivity index (χ3v) is 4.46. The first-order valence-electron chi connectivity index (χ1n) is 6.82. The van der Waals surface area contributed by atoms with Gasteiger partial charge in [0, 0.05) is 24.0 Å². The molecule has 0 bridgehead atoms. The zero-order valence-corrected chi connectivity index (χ0v) is 12.8. The van der Waals surface area contributed by atoms with Crippen LogP contribution in [0, 0.1) is 5.92 Å². The van der Waals surface area contributed by atoms with Crippen molar-refractivity contribution in [1.82, 2.24) is 4.90 Å². The van der Waals surface area contributed by atoms with Gasteiger partial charge in [-0.05, 0) is 30.9 Å². The Balaban J connectivity index is 1.89. The molecule has 1 aliphatic heterocycles. The van der Waals surface area contributed by atoms with Crippen molar-refractivity contribution in [2.45, 2.75) is 25.7 Å². The number of carboxylic acids is 1. The van der Waals surface area contributed by atoms with Gasteiger partial charge in [0.05, 0.1) is 5.92 Å². The molecule has 1 heterocycles. The molecular weight excluding hydrogens is 322 g/mol. The molecule has 4 nitrogen and oxygen atoms in total. The van der Waals surface area contributed by atoms with Gasteiger partial charge >= 0.3 is 5.97 Å². The number of aryl methyl sites for hydroxylation is 1. The van der Waals surface area contributed by atoms with Gasteiger partial charge in [-0.25, -0.2) is 0 Å². The van der Waals surface area contributed by atoms with E-state index in [1.165, 1.54) is 0 Å². The molecule has 1 fully saturated rings. The van der Waals surface area contributed by atoms with E-state index in [0.29, 0.717) is 32.4 Å². The molecule has 20 heavy (non-hydrogen) atoms. The number of hydrogen-bond acceptors (Lipinski definition) is 2. The summed E-state index contributed by atoms with van der Waals surface area (Å²) in [5.41, 5.74) is 1.10. The number of halogens is 1. The molecule has 1 aromatic carbocycles. The molecule has 108 valence electrons. The Bertz CT molecular complexity index is 504. The Hall–Kier alpha value is -1.36. The number of carboxylic acid groups (broad SMARTS) is 1. The maximum absolute atomic E-state index is 12.2. The second-order valence-corrected chi connectivity index (χ2v) is 5.96. The summed E-state index contributed by atoms with van der Waals surface area (Å²) in [6.07, 6.45) is 2.55. The molecule has 1 aliphatic rings. The van der Waals surface area contributed by atoms with Crippen molar-refractivity contribution in [1.29, 1.82) is 0 Å². The van der Waals surface area contributed by atoms with Gasteiger partial charge in [0.25, 0.3) is 0 Å². The van der Waals surface area contributed by atoms with Crippen molar-refractivity contribution in [2.24, 2.45) is 5.92 Å². The number of nitrogens with zero attached hydrogens (tertiary/aromatic N) is 1. The molecule has 1 N–H and O–H groups in total. The average Bonchev–Trinajstić information content (AvgIpc) is 2.46. The number of hydrogen-bond donors (Lipinski definition) is 1. The molecule has 0 radical (unpaired) electrons. The van der Waals surface area contributed by atoms with E-state index in [-0.39, 0.29) is 5.91 Å². The highest BCUT2D eigenvalue weighted by Gasteiger charge is 2.27. The van der Waals surface area contributed by atoms with Gasteiger partial charge in [-0.1, -0.05) is 34.1 Å². The monoisotopic (exact) mass is 339 g/mol. The SMILES string of the molecule is O=C(O)C1CCCN(C(=O)CCc2ccccc2Br)C1. The molecule has 0 spiro atoms. The quantitative estimate of drug-likeness (QED) is 0.917. The second kappa shape index (κ2) is 6.88. The number of carbonyl (C=O) groups is 2. The Morgan fingerprint density at radius 3 is 2.80 bits per heavy atom. The molecule has 1 unspecified atom stereocenters. The summed E-state index contributed by atoms with van der Waals surface area (Å²) in [6.45, 7) is 1.03. The fraction of sp³-hybridized carbons (Fsp3) is 0.467. The normalized spacial score (nSPS) is 18.9. The van der Waals surface area contributed by atoms with Crippen molar-refractivity contribution in [3.05, 3.63) is 34.3 Å². The highest BCUT2D eigenvalue weighted by Crippen LogP contribution is 2.20. The maximum atomic E-state index is 12.2. The summed E-state index contributed by atoms with van der Waals surface area (Å²) in [7, 11) is 0. The first-order valence-corrected chi connectivity index (χ1v) is 7.61. The number of benzene rings is 1. The van der Waals surface area contributed by atoms with E-state index >= 15 is 0 Å². The van der Waals surface area contributed by atoms with Crippen LogP contribution >= 0.6 is 15.9 Å². The van der Waals surface area contributed by atoms with Crippen LogP contribution in [0.15, 0.2) is 28.7 Å². The molecule has 1 amide bonds. The highest BCUT2D eigenvalue weighted by molar-refractivity contribution is 9.10. The van der Waals surface area contributed by atoms with E-state index in [1.807, 2.05) is 24.3 Å². The van der Waals surface area contributed by atoms with Crippen LogP contribution in [0.2, 0.25) is 0 Å². The summed E-state index contributed by atoms with van der Waals surface area (Å²) >= 11 is 3.47. The third kappa shape index (κ3) is 3.82. The first kappa shape index (κ1) is 15.0. The van der Waals surface area contributed by atoms with Gasteiger partial charge in [-0.15, -0.1) is 0 Å². The van der Waals surface area contributed by atoms with Crippen LogP contribution in [0.1, 0.15) is 24.8 Å². The lowest BCUT2D eigenvalue weighted by Gasteiger charge is -2.30. The van der Waals surface area contributed by atoms with E-state index in [4.69, 9.17) is 5.11 Å². The number of carbonyl (C=O) groups excluding carboxylic acids is 1. The van der Waals surface area contributed by atoms with E-state index in [9.17, 15) is 9.59 Å². The second-order valence-electron chi connectivity index (χ2n) is 5.11. The number of aliphatic carboxylic acids is 1. The predicted molar refractivity (Wildman–Crippen MR) is 79.4 cm³/mol. The van der Waals surface area contributed by atoms with Crippen molar-refractivity contribution in [2.75, 3.05) is 13.1 Å². The Labute approximate surface area is 126 Å². The Morgan fingerprint density at radius 1 is 1.35 bits per heavy atom. The van der Waals surface area contributed by atoms with Crippen molar-refractivity contribution >= 4 is 27.8 Å². The summed E-state index contributed by atoms with van der Waals surface area (Å²) in [6, 6.07) is 7.85. The molecule has 0 saturated carbocycles. The zero-order valence-electron chi connectivity index (χ0n) is 11.2. The summed E-state index contributed by atoms with van der Waals surface area (Å²) in [5.74, 6) is -1.16. The molecule has 0 aromatic heterocycles. The van der Waals surface area contributed by atoms with Crippen molar-refractivity contribution < 1.29 is 14.7 Å². The zero-order chi connectivity index (χ0) is 14.5. The number of rotatable bonds is 4.